The summed E-state index contributed by atoms with van der Waals surface area (Å²) in [7, 11) is 1.97. The Bertz CT molecular complexity index is 737. The van der Waals surface area contributed by atoms with Crippen LogP contribution < -0.4 is 5.32 Å². The van der Waals surface area contributed by atoms with E-state index in [0.717, 1.165) is 14.3 Å². The van der Waals surface area contributed by atoms with Crippen LogP contribution in [-0.2, 0) is 0 Å². The van der Waals surface area contributed by atoms with Crippen LogP contribution in [0.25, 0.3) is 10.2 Å². The molecule has 0 fully saturated rings. The Kier molecular flexibility index (Phi) is 4.64. The number of nitrogens with zero attached hydrogens (tertiary/aromatic N) is 1. The zero-order valence-corrected chi connectivity index (χ0v) is 15.0. The van der Waals surface area contributed by atoms with Gasteiger partial charge in [0.2, 0.25) is 0 Å². The third-order valence-electron chi connectivity index (χ3n) is 3.35. The summed E-state index contributed by atoms with van der Waals surface area (Å²) in [4.78, 5) is 5.87. The molecule has 1 unspecified atom stereocenters. The summed E-state index contributed by atoms with van der Waals surface area (Å²) in [5.74, 6) is 0. The number of halogens is 1. The molecule has 0 radical (unpaired) electrons. The summed E-state index contributed by atoms with van der Waals surface area (Å²) in [5.41, 5.74) is 2.34. The van der Waals surface area contributed by atoms with Crippen LogP contribution in [0.3, 0.4) is 0 Å². The van der Waals surface area contributed by atoms with Gasteiger partial charge >= 0.3 is 0 Å². The van der Waals surface area contributed by atoms with Crippen molar-refractivity contribution >= 4 is 49.2 Å². The van der Waals surface area contributed by atoms with Gasteiger partial charge < -0.3 is 5.32 Å². The van der Waals surface area contributed by atoms with Crippen molar-refractivity contribution in [2.45, 2.75) is 22.2 Å². The molecule has 1 atom stereocenters. The van der Waals surface area contributed by atoms with E-state index in [-0.39, 0.29) is 0 Å². The molecule has 3 aromatic rings. The molecule has 0 bridgehead atoms. The number of para-hydroxylation sites is 1. The van der Waals surface area contributed by atoms with E-state index in [9.17, 15) is 0 Å². The van der Waals surface area contributed by atoms with Crippen LogP contribution >= 0.6 is 39.0 Å². The molecule has 0 aliphatic heterocycles. The van der Waals surface area contributed by atoms with Crippen LogP contribution in [0.15, 0.2) is 56.2 Å². The van der Waals surface area contributed by atoms with Gasteiger partial charge in [-0.3, -0.25) is 0 Å². The average Bonchev–Trinajstić information content (AvgIpc) is 2.88. The maximum atomic E-state index is 4.67. The van der Waals surface area contributed by atoms with Gasteiger partial charge in [-0.1, -0.05) is 45.9 Å². The maximum absolute atomic E-state index is 4.67. The normalized spacial score (nSPS) is 12.7. The molecule has 0 aliphatic carbocycles. The van der Waals surface area contributed by atoms with Crippen molar-refractivity contribution in [1.82, 2.24) is 10.3 Å². The SMILES string of the molecule is CNC(C)c1ccc(Sc2nc3ccccc3s2)cc1Br. The van der Waals surface area contributed by atoms with Crippen molar-refractivity contribution < 1.29 is 0 Å². The van der Waals surface area contributed by atoms with Crippen molar-refractivity contribution in [3.05, 3.63) is 52.5 Å². The van der Waals surface area contributed by atoms with Crippen LogP contribution in [0.4, 0.5) is 0 Å². The van der Waals surface area contributed by atoms with E-state index in [1.54, 1.807) is 23.1 Å². The van der Waals surface area contributed by atoms with E-state index >= 15 is 0 Å². The Morgan fingerprint density at radius 2 is 2.05 bits per heavy atom. The van der Waals surface area contributed by atoms with Gasteiger partial charge in [-0.15, -0.1) is 11.3 Å². The molecule has 1 aromatic heterocycles. The molecule has 1 heterocycles. The standard InChI is InChI=1S/C16H15BrN2S2/c1-10(18-2)12-8-7-11(9-13(12)17)20-16-19-14-5-3-4-6-15(14)21-16/h3-10,18H,1-2H3. The lowest BCUT2D eigenvalue weighted by Crippen LogP contribution is -2.12. The van der Waals surface area contributed by atoms with E-state index in [2.05, 4.69) is 69.6 Å². The Labute approximate surface area is 141 Å². The molecule has 2 aromatic carbocycles. The summed E-state index contributed by atoms with van der Waals surface area (Å²) in [6.45, 7) is 2.15. The number of rotatable bonds is 4. The molecule has 0 amide bonds. The summed E-state index contributed by atoms with van der Waals surface area (Å²) in [6, 6.07) is 15.1. The third-order valence-corrected chi connectivity index (χ3v) is 6.12. The molecular weight excluding hydrogens is 364 g/mol. The predicted molar refractivity (Wildman–Crippen MR) is 95.4 cm³/mol. The third kappa shape index (κ3) is 3.31. The van der Waals surface area contributed by atoms with Crippen LogP contribution in [0.5, 0.6) is 0 Å². The first-order valence-electron chi connectivity index (χ1n) is 6.67. The molecule has 2 nitrogen and oxygen atoms in total. The highest BCUT2D eigenvalue weighted by Gasteiger charge is 2.10. The van der Waals surface area contributed by atoms with Crippen LogP contribution in [0.2, 0.25) is 0 Å². The van der Waals surface area contributed by atoms with Crippen molar-refractivity contribution in [2.75, 3.05) is 7.05 Å². The minimum absolute atomic E-state index is 0.334. The lowest BCUT2D eigenvalue weighted by atomic mass is 10.1. The number of aromatic nitrogens is 1. The summed E-state index contributed by atoms with van der Waals surface area (Å²) >= 11 is 7.12. The number of fused-ring (bicyclic) bond motifs is 1. The van der Waals surface area contributed by atoms with Crippen molar-refractivity contribution in [2.24, 2.45) is 0 Å². The fourth-order valence-corrected chi connectivity index (χ4v) is 5.03. The zero-order valence-electron chi connectivity index (χ0n) is 11.8. The molecule has 3 rings (SSSR count). The van der Waals surface area contributed by atoms with Gasteiger partial charge in [0.1, 0.15) is 0 Å². The highest BCUT2D eigenvalue weighted by Crippen LogP contribution is 2.36. The highest BCUT2D eigenvalue weighted by molar-refractivity contribution is 9.10. The van der Waals surface area contributed by atoms with Gasteiger partial charge in [-0.2, -0.15) is 0 Å². The van der Waals surface area contributed by atoms with Gasteiger partial charge in [0.15, 0.2) is 4.34 Å². The quantitative estimate of drug-likeness (QED) is 0.649. The van der Waals surface area contributed by atoms with E-state index in [1.807, 2.05) is 13.1 Å². The maximum Gasteiger partial charge on any atom is 0.155 e. The van der Waals surface area contributed by atoms with Crippen LogP contribution in [0, 0.1) is 0 Å². The van der Waals surface area contributed by atoms with E-state index < -0.39 is 0 Å². The topological polar surface area (TPSA) is 24.9 Å². The Hall–Kier alpha value is -0.880. The second-order valence-corrected chi connectivity index (χ2v) is 7.95. The molecule has 108 valence electrons. The van der Waals surface area contributed by atoms with Gasteiger partial charge in [-0.25, -0.2) is 4.98 Å². The Morgan fingerprint density at radius 1 is 1.24 bits per heavy atom. The first-order chi connectivity index (χ1) is 10.2. The second kappa shape index (κ2) is 6.48. The lowest BCUT2D eigenvalue weighted by molar-refractivity contribution is 0.649. The van der Waals surface area contributed by atoms with Gasteiger partial charge in [0.25, 0.3) is 0 Å². The minimum Gasteiger partial charge on any atom is -0.313 e. The van der Waals surface area contributed by atoms with Gasteiger partial charge in [0, 0.05) is 15.4 Å². The average molecular weight is 379 g/mol. The monoisotopic (exact) mass is 378 g/mol. The summed E-state index contributed by atoms with van der Waals surface area (Å²) in [6.07, 6.45) is 0. The van der Waals surface area contributed by atoms with Crippen molar-refractivity contribution in [3.8, 4) is 0 Å². The minimum atomic E-state index is 0.334. The molecule has 0 saturated carbocycles. The number of thiazole rings is 1. The number of benzene rings is 2. The first kappa shape index (κ1) is 15.0. The van der Waals surface area contributed by atoms with E-state index in [0.29, 0.717) is 6.04 Å². The fourth-order valence-electron chi connectivity index (χ4n) is 2.07. The molecule has 0 saturated heterocycles. The van der Waals surface area contributed by atoms with E-state index in [4.69, 9.17) is 0 Å². The predicted octanol–water partition coefficient (Wildman–Crippen LogP) is 5.49. The Morgan fingerprint density at radius 3 is 2.76 bits per heavy atom. The lowest BCUT2D eigenvalue weighted by Gasteiger charge is -2.13. The molecule has 21 heavy (non-hydrogen) atoms. The van der Waals surface area contributed by atoms with Crippen molar-refractivity contribution in [3.63, 3.8) is 0 Å². The smallest absolute Gasteiger partial charge is 0.155 e. The van der Waals surface area contributed by atoms with Gasteiger partial charge in [0.05, 0.1) is 10.2 Å². The Balaban J connectivity index is 1.86. The van der Waals surface area contributed by atoms with Crippen LogP contribution in [-0.4, -0.2) is 12.0 Å². The van der Waals surface area contributed by atoms with Crippen molar-refractivity contribution in [1.29, 1.82) is 0 Å². The first-order valence-corrected chi connectivity index (χ1v) is 9.10. The number of hydrogen-bond donors (Lipinski definition) is 1. The van der Waals surface area contributed by atoms with Gasteiger partial charge in [-0.05, 0) is 43.8 Å². The zero-order chi connectivity index (χ0) is 14.8. The molecule has 0 spiro atoms. The van der Waals surface area contributed by atoms with Crippen LogP contribution in [0.1, 0.15) is 18.5 Å². The fraction of sp³-hybridized carbons (Fsp3) is 0.188. The molecule has 0 aliphatic rings. The van der Waals surface area contributed by atoms with E-state index in [1.165, 1.54) is 15.2 Å². The molecular formula is C16H15BrN2S2. The molecule has 1 N–H and O–H groups in total. The largest absolute Gasteiger partial charge is 0.313 e. The summed E-state index contributed by atoms with van der Waals surface area (Å²) < 4.78 is 3.45. The number of hydrogen-bond acceptors (Lipinski definition) is 4. The second-order valence-electron chi connectivity index (χ2n) is 4.74. The summed E-state index contributed by atoms with van der Waals surface area (Å²) in [5, 5.41) is 3.26. The number of nitrogens with one attached hydrogen (secondary N) is 1. The highest BCUT2D eigenvalue weighted by atomic mass is 79.9. The molecule has 5 heteroatoms.